The van der Waals surface area contributed by atoms with Gasteiger partial charge in [-0.2, -0.15) is 0 Å². The Morgan fingerprint density at radius 2 is 1.90 bits per heavy atom. The Morgan fingerprint density at radius 3 is 2.54 bits per heavy atom. The van der Waals surface area contributed by atoms with E-state index < -0.39 is 58.0 Å². The van der Waals surface area contributed by atoms with Crippen LogP contribution in [0.5, 0.6) is 5.75 Å². The molecular weight excluding hydrogens is 530 g/mol. The van der Waals surface area contributed by atoms with Gasteiger partial charge in [-0.1, -0.05) is 6.08 Å². The number of phenolic OH excluding ortho intramolecular Hbond substituents is 1. The molecule has 6 N–H and O–H groups in total. The van der Waals surface area contributed by atoms with Crippen LogP contribution in [0.25, 0.3) is 11.3 Å². The predicted octanol–water partition coefficient (Wildman–Crippen LogP) is 2.00. The number of amides is 1. The number of carbonyl (C=O) groups is 3. The van der Waals surface area contributed by atoms with Crippen molar-refractivity contribution in [1.82, 2.24) is 9.80 Å². The number of rotatable bonds is 7. The van der Waals surface area contributed by atoms with Gasteiger partial charge in [0.15, 0.2) is 11.4 Å². The highest BCUT2D eigenvalue weighted by atomic mass is 16.3. The molecule has 0 bridgehead atoms. The number of hydrogen-bond donors (Lipinski definition) is 5. The highest BCUT2D eigenvalue weighted by molar-refractivity contribution is 6.24. The first kappa shape index (κ1) is 28.3. The van der Waals surface area contributed by atoms with E-state index in [0.717, 1.165) is 5.56 Å². The van der Waals surface area contributed by atoms with Crippen LogP contribution in [0.15, 0.2) is 64.2 Å². The van der Waals surface area contributed by atoms with Crippen LogP contribution in [0.1, 0.15) is 27.9 Å². The van der Waals surface area contributed by atoms with E-state index in [-0.39, 0.29) is 29.7 Å². The van der Waals surface area contributed by atoms with Crippen molar-refractivity contribution in [3.8, 4) is 17.1 Å². The quantitative estimate of drug-likeness (QED) is 0.247. The first-order valence-corrected chi connectivity index (χ1v) is 13.2. The summed E-state index contributed by atoms with van der Waals surface area (Å²) < 4.78 is 5.86. The molecule has 0 saturated heterocycles. The molecule has 0 fully saturated rings. The topological polar surface area (TPSA) is 178 Å². The van der Waals surface area contributed by atoms with Crippen molar-refractivity contribution in [2.45, 2.75) is 31.0 Å². The number of carbonyl (C=O) groups excluding carboxylic acids is 3. The monoisotopic (exact) mass is 563 g/mol. The van der Waals surface area contributed by atoms with Gasteiger partial charge in [-0.3, -0.25) is 24.2 Å². The van der Waals surface area contributed by atoms with E-state index in [2.05, 4.69) is 6.58 Å². The van der Waals surface area contributed by atoms with Crippen LogP contribution >= 0.6 is 0 Å². The van der Waals surface area contributed by atoms with Gasteiger partial charge in [0.05, 0.1) is 17.9 Å². The number of likely N-dealkylation sites (N-methyl/N-ethyl adjacent to an activating group) is 2. The fourth-order valence-electron chi connectivity index (χ4n) is 6.74. The van der Waals surface area contributed by atoms with Gasteiger partial charge in [0, 0.05) is 35.7 Å². The van der Waals surface area contributed by atoms with Crippen molar-refractivity contribution < 1.29 is 39.2 Å². The van der Waals surface area contributed by atoms with Gasteiger partial charge in [0.2, 0.25) is 5.78 Å². The van der Waals surface area contributed by atoms with E-state index in [0.29, 0.717) is 30.0 Å². The summed E-state index contributed by atoms with van der Waals surface area (Å²) in [5.41, 5.74) is 3.55. The fourth-order valence-corrected chi connectivity index (χ4v) is 6.74. The molecule has 0 spiro atoms. The summed E-state index contributed by atoms with van der Waals surface area (Å²) in [6.45, 7) is 4.94. The molecule has 41 heavy (non-hydrogen) atoms. The average Bonchev–Trinajstić information content (AvgIpc) is 3.33. The Balaban J connectivity index is 1.67. The van der Waals surface area contributed by atoms with Gasteiger partial charge >= 0.3 is 0 Å². The van der Waals surface area contributed by atoms with Crippen molar-refractivity contribution in [2.24, 2.45) is 17.6 Å². The van der Waals surface area contributed by atoms with Crippen LogP contribution in [-0.4, -0.2) is 87.0 Å². The highest BCUT2D eigenvalue weighted by Crippen LogP contribution is 2.53. The van der Waals surface area contributed by atoms with Crippen LogP contribution in [0.4, 0.5) is 0 Å². The molecule has 1 aromatic heterocycles. The number of hydrogen-bond acceptors (Lipinski definition) is 10. The van der Waals surface area contributed by atoms with Crippen LogP contribution in [-0.2, 0) is 22.6 Å². The fraction of sp³-hybridized carbons (Fsp3) is 0.367. The molecule has 1 amide bonds. The van der Waals surface area contributed by atoms with Gasteiger partial charge in [-0.15, -0.1) is 6.58 Å². The second kappa shape index (κ2) is 10.0. The minimum atomic E-state index is -2.68. The maximum atomic E-state index is 14.0. The largest absolute Gasteiger partial charge is 0.510 e. The molecular formula is C30H33N3O8. The van der Waals surface area contributed by atoms with Crippen LogP contribution in [0.3, 0.4) is 0 Å². The van der Waals surface area contributed by atoms with Crippen molar-refractivity contribution in [3.05, 3.63) is 76.5 Å². The second-order valence-electron chi connectivity index (χ2n) is 11.2. The van der Waals surface area contributed by atoms with Crippen LogP contribution in [0.2, 0.25) is 0 Å². The van der Waals surface area contributed by atoms with E-state index >= 15 is 0 Å². The molecule has 0 saturated carbocycles. The maximum Gasteiger partial charge on any atom is 0.255 e. The maximum absolute atomic E-state index is 14.0. The van der Waals surface area contributed by atoms with Gasteiger partial charge in [-0.05, 0) is 63.7 Å². The van der Waals surface area contributed by atoms with Gasteiger partial charge in [0.1, 0.15) is 28.6 Å². The number of nitrogens with two attached hydrogens (primary N) is 1. The van der Waals surface area contributed by atoms with Crippen molar-refractivity contribution in [3.63, 3.8) is 0 Å². The molecule has 11 heteroatoms. The average molecular weight is 564 g/mol. The zero-order chi connectivity index (χ0) is 30.0. The van der Waals surface area contributed by atoms with Crippen molar-refractivity contribution in [2.75, 3.05) is 27.7 Å². The third kappa shape index (κ3) is 4.11. The van der Waals surface area contributed by atoms with E-state index in [9.17, 15) is 34.8 Å². The predicted molar refractivity (Wildman–Crippen MR) is 148 cm³/mol. The number of fused-ring (bicyclic) bond motifs is 3. The minimum Gasteiger partial charge on any atom is -0.510 e. The number of nitrogens with zero attached hydrogens (tertiary/aromatic N) is 2. The summed E-state index contributed by atoms with van der Waals surface area (Å²) in [6.07, 6.45) is 3.51. The number of benzene rings is 1. The number of aliphatic hydroxyl groups is 3. The molecule has 11 nitrogen and oxygen atoms in total. The number of aromatic hydroxyl groups is 1. The molecule has 3 aliphatic carbocycles. The lowest BCUT2D eigenvalue weighted by atomic mass is 9.58. The summed E-state index contributed by atoms with van der Waals surface area (Å²) in [5.74, 6) is -6.35. The first-order chi connectivity index (χ1) is 19.3. The summed E-state index contributed by atoms with van der Waals surface area (Å²) in [4.78, 5) is 43.1. The zero-order valence-electron chi connectivity index (χ0n) is 23.0. The molecule has 1 aromatic carbocycles. The lowest BCUT2D eigenvalue weighted by Gasteiger charge is -2.50. The molecule has 2 aromatic rings. The first-order valence-electron chi connectivity index (χ1n) is 13.2. The second-order valence-corrected chi connectivity index (χ2v) is 11.2. The number of allylic oxidation sites excluding steroid dienone is 1. The van der Waals surface area contributed by atoms with Gasteiger partial charge in [-0.25, -0.2) is 0 Å². The van der Waals surface area contributed by atoms with Crippen LogP contribution < -0.4 is 5.73 Å². The van der Waals surface area contributed by atoms with Crippen LogP contribution in [0, 0.1) is 11.8 Å². The minimum absolute atomic E-state index is 0.00788. The van der Waals surface area contributed by atoms with E-state index in [1.165, 1.54) is 11.0 Å². The molecule has 0 unspecified atom stereocenters. The van der Waals surface area contributed by atoms with Crippen molar-refractivity contribution >= 4 is 17.5 Å². The molecule has 3 aliphatic rings. The number of Topliss-reactive ketones (excluding diaryl/α,β-unsaturated/α-hetero) is 2. The van der Waals surface area contributed by atoms with Crippen molar-refractivity contribution in [1.29, 1.82) is 0 Å². The number of phenols is 1. The van der Waals surface area contributed by atoms with E-state index in [4.69, 9.17) is 10.2 Å². The zero-order valence-corrected chi connectivity index (χ0v) is 23.0. The Bertz CT molecular complexity index is 1550. The normalized spacial score (nSPS) is 25.9. The number of ketones is 2. The standard InChI is InChI=1S/C30H33N3O8/c1-5-9-33(4)13-14-8-10-41-26(14)16-6-7-19(34)21-17(16)11-15-12-18-23(32(2)3)25(36)22(29(31)39)28(38)30(18,40)27(37)20(15)24(21)35/h5-8,10,15,18,23,34,36-37,40H,1,9,11-13H2,2-4H3,(H2,31,39)/t15-,18-,23-,30-/m0/s1. The molecule has 216 valence electrons. The highest BCUT2D eigenvalue weighted by Gasteiger charge is 2.63. The lowest BCUT2D eigenvalue weighted by Crippen LogP contribution is -2.63. The Labute approximate surface area is 236 Å². The third-order valence-corrected chi connectivity index (χ3v) is 8.48. The number of furan rings is 1. The third-order valence-electron chi connectivity index (χ3n) is 8.48. The molecule has 0 aliphatic heterocycles. The number of primary amides is 1. The molecule has 0 radical (unpaired) electrons. The van der Waals surface area contributed by atoms with Gasteiger partial charge < -0.3 is 30.6 Å². The van der Waals surface area contributed by atoms with Gasteiger partial charge in [0.25, 0.3) is 5.91 Å². The van der Waals surface area contributed by atoms with E-state index in [1.54, 1.807) is 32.5 Å². The summed E-state index contributed by atoms with van der Waals surface area (Å²) in [6, 6.07) is 3.81. The Kier molecular flexibility index (Phi) is 6.93. The SMILES string of the molecule is C=CCN(C)Cc1ccoc1-c1ccc(O)c2c1C[C@H]1C[C@H]3[C@H](N(C)C)C(O)=C(C(N)=O)C(=O)[C@@]3(O)C(O)=C1C2=O. The Hall–Kier alpha value is -4.19. The summed E-state index contributed by atoms with van der Waals surface area (Å²) in [7, 11) is 5.11. The van der Waals surface area contributed by atoms with E-state index in [1.807, 2.05) is 18.0 Å². The summed E-state index contributed by atoms with van der Waals surface area (Å²) in [5, 5.41) is 44.9. The number of aliphatic hydroxyl groups excluding tert-OH is 2. The molecule has 4 atom stereocenters. The summed E-state index contributed by atoms with van der Waals surface area (Å²) >= 11 is 0. The Morgan fingerprint density at radius 1 is 1.20 bits per heavy atom. The lowest BCUT2D eigenvalue weighted by molar-refractivity contribution is -0.148. The molecule has 1 heterocycles. The molecule has 5 rings (SSSR count). The smallest absolute Gasteiger partial charge is 0.255 e.